The van der Waals surface area contributed by atoms with E-state index in [1.54, 1.807) is 0 Å². The van der Waals surface area contributed by atoms with Crippen LogP contribution in [0.15, 0.2) is 18.2 Å². The normalized spacial score (nSPS) is 18.0. The van der Waals surface area contributed by atoms with E-state index in [0.29, 0.717) is 24.6 Å². The minimum absolute atomic E-state index is 0.164. The summed E-state index contributed by atoms with van der Waals surface area (Å²) in [5.41, 5.74) is 0.648. The van der Waals surface area contributed by atoms with Crippen LogP contribution in [0.25, 0.3) is 0 Å². The highest BCUT2D eigenvalue weighted by Crippen LogP contribution is 2.28. The molecular weight excluding hydrogens is 264 g/mol. The summed E-state index contributed by atoms with van der Waals surface area (Å²) < 4.78 is 31.3. The largest absolute Gasteiger partial charge is 0.389 e. The minimum atomic E-state index is -0.857. The molecule has 3 nitrogen and oxygen atoms in total. The summed E-state index contributed by atoms with van der Waals surface area (Å²) in [5.74, 6) is -1.03. The van der Waals surface area contributed by atoms with Crippen molar-refractivity contribution in [2.45, 2.75) is 31.9 Å². The third kappa shape index (κ3) is 4.81. The lowest BCUT2D eigenvalue weighted by Crippen LogP contribution is -2.32. The fourth-order valence-electron chi connectivity index (χ4n) is 1.93. The Morgan fingerprint density at radius 2 is 2.10 bits per heavy atom. The first kappa shape index (κ1) is 15.4. The van der Waals surface area contributed by atoms with Gasteiger partial charge in [0.05, 0.1) is 12.7 Å². The molecule has 0 spiro atoms. The number of ether oxygens (including phenoxy) is 1. The first-order chi connectivity index (χ1) is 9.56. The molecule has 0 aromatic heterocycles. The van der Waals surface area contributed by atoms with Crippen LogP contribution in [0.2, 0.25) is 0 Å². The lowest BCUT2D eigenvalue weighted by atomic mass is 10.1. The van der Waals surface area contributed by atoms with Gasteiger partial charge in [0.15, 0.2) is 11.6 Å². The van der Waals surface area contributed by atoms with Crippen molar-refractivity contribution in [2.24, 2.45) is 5.92 Å². The van der Waals surface area contributed by atoms with Crippen LogP contribution < -0.4 is 5.32 Å². The fourth-order valence-corrected chi connectivity index (χ4v) is 1.93. The molecule has 0 aliphatic heterocycles. The number of hydrogen-bond donors (Lipinski definition) is 2. The molecule has 2 atom stereocenters. The molecule has 1 aliphatic rings. The minimum Gasteiger partial charge on any atom is -0.389 e. The summed E-state index contributed by atoms with van der Waals surface area (Å²) in [4.78, 5) is 0. The van der Waals surface area contributed by atoms with E-state index in [4.69, 9.17) is 4.74 Å². The fraction of sp³-hybridized carbons (Fsp3) is 0.600. The average Bonchev–Trinajstić information content (AvgIpc) is 3.23. The van der Waals surface area contributed by atoms with Gasteiger partial charge in [0.25, 0.3) is 0 Å². The lowest BCUT2D eigenvalue weighted by molar-refractivity contribution is 0.0315. The van der Waals surface area contributed by atoms with Gasteiger partial charge in [-0.3, -0.25) is 0 Å². The molecular formula is C15H21F2NO2. The van der Waals surface area contributed by atoms with E-state index in [9.17, 15) is 13.9 Å². The van der Waals surface area contributed by atoms with Crippen LogP contribution in [0, 0.1) is 17.6 Å². The number of nitrogens with one attached hydrogen (secondary N) is 1. The Labute approximate surface area is 117 Å². The predicted octanol–water partition coefficient (Wildman–Crippen LogP) is 2.40. The van der Waals surface area contributed by atoms with Gasteiger partial charge in [-0.1, -0.05) is 6.07 Å². The highest BCUT2D eigenvalue weighted by molar-refractivity contribution is 5.20. The second-order valence-corrected chi connectivity index (χ2v) is 5.44. The molecule has 0 heterocycles. The van der Waals surface area contributed by atoms with Crippen LogP contribution in [-0.2, 0) is 4.74 Å². The van der Waals surface area contributed by atoms with Crippen LogP contribution in [0.5, 0.6) is 0 Å². The maximum absolute atomic E-state index is 13.1. The summed E-state index contributed by atoms with van der Waals surface area (Å²) in [5, 5.41) is 12.8. The summed E-state index contributed by atoms with van der Waals surface area (Å²) in [6.07, 6.45) is 1.85. The number of benzene rings is 1. The third-order valence-electron chi connectivity index (χ3n) is 3.46. The van der Waals surface area contributed by atoms with Gasteiger partial charge < -0.3 is 15.2 Å². The average molecular weight is 285 g/mol. The third-order valence-corrected chi connectivity index (χ3v) is 3.46. The van der Waals surface area contributed by atoms with Gasteiger partial charge in [-0.05, 0) is 43.4 Å². The Morgan fingerprint density at radius 1 is 1.35 bits per heavy atom. The summed E-state index contributed by atoms with van der Waals surface area (Å²) in [6.45, 7) is 3.21. The molecule has 1 aromatic carbocycles. The predicted molar refractivity (Wildman–Crippen MR) is 72.3 cm³/mol. The standard InChI is InChI=1S/C15H21F2NO2/c1-10(12-4-5-14(16)15(17)6-12)18-7-13(19)9-20-8-11-2-3-11/h4-6,10-11,13,18-19H,2-3,7-9H2,1H3. The topological polar surface area (TPSA) is 41.5 Å². The van der Waals surface area contributed by atoms with Crippen molar-refractivity contribution in [3.63, 3.8) is 0 Å². The van der Waals surface area contributed by atoms with Gasteiger partial charge in [0.2, 0.25) is 0 Å². The zero-order valence-electron chi connectivity index (χ0n) is 11.6. The van der Waals surface area contributed by atoms with Crippen molar-refractivity contribution in [3.05, 3.63) is 35.4 Å². The highest BCUT2D eigenvalue weighted by Gasteiger charge is 2.21. The quantitative estimate of drug-likeness (QED) is 0.770. The molecule has 5 heteroatoms. The van der Waals surface area contributed by atoms with E-state index in [1.165, 1.54) is 25.0 Å². The molecule has 1 saturated carbocycles. The van der Waals surface area contributed by atoms with Crippen LogP contribution >= 0.6 is 0 Å². The van der Waals surface area contributed by atoms with Gasteiger partial charge >= 0.3 is 0 Å². The number of rotatable bonds is 8. The molecule has 2 rings (SSSR count). The smallest absolute Gasteiger partial charge is 0.159 e. The van der Waals surface area contributed by atoms with Crippen LogP contribution in [0.4, 0.5) is 8.78 Å². The number of hydrogen-bond acceptors (Lipinski definition) is 3. The van der Waals surface area contributed by atoms with Crippen molar-refractivity contribution < 1.29 is 18.6 Å². The number of aliphatic hydroxyl groups excluding tert-OH is 1. The Kier molecular flexibility index (Phi) is 5.46. The molecule has 0 saturated heterocycles. The van der Waals surface area contributed by atoms with Crippen LogP contribution in [0.1, 0.15) is 31.4 Å². The molecule has 2 N–H and O–H groups in total. The second kappa shape index (κ2) is 7.11. The van der Waals surface area contributed by atoms with Gasteiger partial charge in [-0.25, -0.2) is 8.78 Å². The van der Waals surface area contributed by atoms with E-state index in [2.05, 4.69) is 5.32 Å². The Morgan fingerprint density at radius 3 is 2.75 bits per heavy atom. The number of aliphatic hydroxyl groups is 1. The van der Waals surface area contributed by atoms with Crippen molar-refractivity contribution in [3.8, 4) is 0 Å². The molecule has 1 aromatic rings. The maximum atomic E-state index is 13.1. The molecule has 2 unspecified atom stereocenters. The molecule has 0 radical (unpaired) electrons. The van der Waals surface area contributed by atoms with E-state index in [0.717, 1.165) is 12.7 Å². The number of halogens is 2. The zero-order chi connectivity index (χ0) is 14.5. The van der Waals surface area contributed by atoms with Gasteiger partial charge in [-0.15, -0.1) is 0 Å². The Hall–Kier alpha value is -1.04. The van der Waals surface area contributed by atoms with Crippen molar-refractivity contribution in [1.82, 2.24) is 5.32 Å². The Bertz CT molecular complexity index is 438. The molecule has 0 bridgehead atoms. The lowest BCUT2D eigenvalue weighted by Gasteiger charge is -2.17. The molecule has 20 heavy (non-hydrogen) atoms. The summed E-state index contributed by atoms with van der Waals surface area (Å²) >= 11 is 0. The Balaban J connectivity index is 1.69. The van der Waals surface area contributed by atoms with Crippen LogP contribution in [-0.4, -0.2) is 31.0 Å². The van der Waals surface area contributed by atoms with Crippen molar-refractivity contribution in [1.29, 1.82) is 0 Å². The molecule has 112 valence electrons. The van der Waals surface area contributed by atoms with E-state index >= 15 is 0 Å². The maximum Gasteiger partial charge on any atom is 0.159 e. The first-order valence-electron chi connectivity index (χ1n) is 7.00. The van der Waals surface area contributed by atoms with E-state index in [1.807, 2.05) is 6.92 Å². The summed E-state index contributed by atoms with van der Waals surface area (Å²) in [7, 11) is 0. The highest BCUT2D eigenvalue weighted by atomic mass is 19.2. The van der Waals surface area contributed by atoms with Crippen molar-refractivity contribution >= 4 is 0 Å². The first-order valence-corrected chi connectivity index (χ1v) is 7.00. The van der Waals surface area contributed by atoms with Crippen LogP contribution in [0.3, 0.4) is 0 Å². The summed E-state index contributed by atoms with van der Waals surface area (Å²) in [6, 6.07) is 3.65. The van der Waals surface area contributed by atoms with Crippen molar-refractivity contribution in [2.75, 3.05) is 19.8 Å². The van der Waals surface area contributed by atoms with Gasteiger partial charge in [0, 0.05) is 19.2 Å². The monoisotopic (exact) mass is 285 g/mol. The second-order valence-electron chi connectivity index (χ2n) is 5.44. The van der Waals surface area contributed by atoms with E-state index in [-0.39, 0.29) is 6.04 Å². The molecule has 1 aliphatic carbocycles. The van der Waals surface area contributed by atoms with E-state index < -0.39 is 17.7 Å². The van der Waals surface area contributed by atoms with Gasteiger partial charge in [0.1, 0.15) is 0 Å². The zero-order valence-corrected chi connectivity index (χ0v) is 11.6. The van der Waals surface area contributed by atoms with Gasteiger partial charge in [-0.2, -0.15) is 0 Å². The molecule has 0 amide bonds. The SMILES string of the molecule is CC(NCC(O)COCC1CC1)c1ccc(F)c(F)c1. The molecule has 1 fully saturated rings.